The van der Waals surface area contributed by atoms with E-state index >= 15 is 0 Å². The van der Waals surface area contributed by atoms with Gasteiger partial charge >= 0.3 is 5.97 Å². The van der Waals surface area contributed by atoms with Gasteiger partial charge in [0.2, 0.25) is 15.8 Å². The molecule has 0 amide bonds. The summed E-state index contributed by atoms with van der Waals surface area (Å²) in [5.41, 5.74) is 0.581. The lowest BCUT2D eigenvalue weighted by atomic mass is 10.4. The lowest BCUT2D eigenvalue weighted by molar-refractivity contribution is 0.0586. The number of hydrogen-bond acceptors (Lipinski definition) is 7. The molecule has 0 saturated carbocycles. The van der Waals surface area contributed by atoms with Gasteiger partial charge in [-0.3, -0.25) is 0 Å². The average Bonchev–Trinajstić information content (AvgIpc) is 2.36. The largest absolute Gasteiger partial charge is 0.463 e. The molecule has 0 fully saturated rings. The summed E-state index contributed by atoms with van der Waals surface area (Å²) in [6.45, 7) is 3.93. The molecule has 0 unspecified atom stereocenters. The van der Waals surface area contributed by atoms with Crippen molar-refractivity contribution in [1.29, 1.82) is 0 Å². The molecule has 0 aliphatic carbocycles. The van der Waals surface area contributed by atoms with Gasteiger partial charge in [-0.1, -0.05) is 6.92 Å². The minimum absolute atomic E-state index is 0.0652. The molecule has 112 valence electrons. The molecule has 0 spiro atoms. The Labute approximate surface area is 118 Å². The minimum Gasteiger partial charge on any atom is -0.463 e. The van der Waals surface area contributed by atoms with E-state index < -0.39 is 16.0 Å². The number of aryl methyl sites for hydroxylation is 1. The van der Waals surface area contributed by atoms with Crippen molar-refractivity contribution < 1.29 is 17.9 Å². The average molecular weight is 302 g/mol. The fourth-order valence-electron chi connectivity index (χ4n) is 1.45. The summed E-state index contributed by atoms with van der Waals surface area (Å²) >= 11 is 0. The number of nitrogens with one attached hydrogen (secondary N) is 2. The van der Waals surface area contributed by atoms with Crippen molar-refractivity contribution in [1.82, 2.24) is 14.7 Å². The number of rotatable bonds is 7. The molecule has 20 heavy (non-hydrogen) atoms. The van der Waals surface area contributed by atoms with Gasteiger partial charge < -0.3 is 10.1 Å². The third-order valence-corrected chi connectivity index (χ3v) is 3.73. The van der Waals surface area contributed by atoms with Crippen LogP contribution in [0.2, 0.25) is 0 Å². The monoisotopic (exact) mass is 302 g/mol. The van der Waals surface area contributed by atoms with Crippen LogP contribution in [0.25, 0.3) is 0 Å². The number of anilines is 1. The summed E-state index contributed by atoms with van der Waals surface area (Å²) in [5, 5.41) is 2.84. The highest BCUT2D eigenvalue weighted by molar-refractivity contribution is 7.89. The molecule has 0 radical (unpaired) electrons. The highest BCUT2D eigenvalue weighted by atomic mass is 32.2. The van der Waals surface area contributed by atoms with Gasteiger partial charge in [-0.15, -0.1) is 0 Å². The lowest BCUT2D eigenvalue weighted by Gasteiger charge is -2.08. The molecular formula is C11H18N4O4S. The molecule has 2 N–H and O–H groups in total. The fraction of sp³-hybridized carbons (Fsp3) is 0.545. The minimum atomic E-state index is -3.29. The van der Waals surface area contributed by atoms with Crippen LogP contribution in [0.5, 0.6) is 0 Å². The van der Waals surface area contributed by atoms with Crippen LogP contribution < -0.4 is 10.0 Å². The number of esters is 1. The third kappa shape index (κ3) is 5.10. The number of carbonyl (C=O) groups is 1. The molecule has 0 aliphatic rings. The molecule has 0 bridgehead atoms. The van der Waals surface area contributed by atoms with Crippen LogP contribution in [0.4, 0.5) is 5.82 Å². The number of nitrogens with zero attached hydrogens (tertiary/aromatic N) is 2. The Bertz CT molecular complexity index is 574. The summed E-state index contributed by atoms with van der Waals surface area (Å²) in [4.78, 5) is 19.2. The van der Waals surface area contributed by atoms with E-state index in [1.165, 1.54) is 7.11 Å². The maximum absolute atomic E-state index is 11.5. The quantitative estimate of drug-likeness (QED) is 0.678. The first-order chi connectivity index (χ1) is 9.38. The Kier molecular flexibility index (Phi) is 5.83. The van der Waals surface area contributed by atoms with Crippen LogP contribution in [0, 0.1) is 6.92 Å². The van der Waals surface area contributed by atoms with Crippen molar-refractivity contribution in [3.63, 3.8) is 0 Å². The van der Waals surface area contributed by atoms with E-state index in [-0.39, 0.29) is 18.1 Å². The van der Waals surface area contributed by atoms with E-state index in [9.17, 15) is 13.2 Å². The Morgan fingerprint density at radius 2 is 2.10 bits per heavy atom. The highest BCUT2D eigenvalue weighted by Crippen LogP contribution is 2.06. The highest BCUT2D eigenvalue weighted by Gasteiger charge is 2.12. The van der Waals surface area contributed by atoms with Gasteiger partial charge in [-0.05, 0) is 6.92 Å². The van der Waals surface area contributed by atoms with Crippen molar-refractivity contribution in [2.24, 2.45) is 0 Å². The first kappa shape index (κ1) is 16.3. The molecule has 1 rings (SSSR count). The molecule has 0 atom stereocenters. The summed E-state index contributed by atoms with van der Waals surface area (Å²) in [5.74, 6) is -0.413. The summed E-state index contributed by atoms with van der Waals surface area (Å²) in [7, 11) is -2.05. The predicted molar refractivity (Wildman–Crippen MR) is 74.1 cm³/mol. The number of carbonyl (C=O) groups excluding carboxylic acids is 1. The molecular weight excluding hydrogens is 284 g/mol. The molecule has 1 aromatic rings. The van der Waals surface area contributed by atoms with E-state index in [1.54, 1.807) is 19.9 Å². The van der Waals surface area contributed by atoms with Crippen LogP contribution in [-0.2, 0) is 14.8 Å². The standard InChI is InChI=1S/C11H18N4O4S/c1-4-13-20(17,18)6-5-12-9-7-8(2)14-10(15-9)11(16)19-3/h7,13H,4-6H2,1-3H3,(H,12,14,15). The molecule has 1 heterocycles. The Morgan fingerprint density at radius 1 is 1.40 bits per heavy atom. The fourth-order valence-corrected chi connectivity index (χ4v) is 2.40. The first-order valence-electron chi connectivity index (χ1n) is 6.03. The second-order valence-electron chi connectivity index (χ2n) is 3.95. The Morgan fingerprint density at radius 3 is 2.70 bits per heavy atom. The molecule has 8 nitrogen and oxygen atoms in total. The number of sulfonamides is 1. The summed E-state index contributed by atoms with van der Waals surface area (Å²) < 4.78 is 29.8. The predicted octanol–water partition coefficient (Wildman–Crippen LogP) is -0.0772. The lowest BCUT2D eigenvalue weighted by Crippen LogP contribution is -2.29. The van der Waals surface area contributed by atoms with Crippen LogP contribution in [0.15, 0.2) is 6.07 Å². The van der Waals surface area contributed by atoms with Gasteiger partial charge in [-0.2, -0.15) is 0 Å². The van der Waals surface area contributed by atoms with Crippen molar-refractivity contribution in [3.8, 4) is 0 Å². The van der Waals surface area contributed by atoms with Gasteiger partial charge in [0.15, 0.2) is 0 Å². The van der Waals surface area contributed by atoms with E-state index in [1.807, 2.05) is 0 Å². The van der Waals surface area contributed by atoms with Crippen LogP contribution in [0.1, 0.15) is 23.2 Å². The van der Waals surface area contributed by atoms with Crippen molar-refractivity contribution in [3.05, 3.63) is 17.6 Å². The van der Waals surface area contributed by atoms with Gasteiger partial charge in [0.05, 0.1) is 12.9 Å². The number of aromatic nitrogens is 2. The topological polar surface area (TPSA) is 110 Å². The van der Waals surface area contributed by atoms with Gasteiger partial charge in [0, 0.05) is 24.8 Å². The van der Waals surface area contributed by atoms with Crippen molar-refractivity contribution in [2.45, 2.75) is 13.8 Å². The first-order valence-corrected chi connectivity index (χ1v) is 7.68. The Hall–Kier alpha value is -1.74. The van der Waals surface area contributed by atoms with Crippen molar-refractivity contribution >= 4 is 21.8 Å². The normalized spacial score (nSPS) is 11.2. The number of methoxy groups -OCH3 is 1. The number of hydrogen-bond donors (Lipinski definition) is 2. The maximum atomic E-state index is 11.5. The van der Waals surface area contributed by atoms with E-state index in [4.69, 9.17) is 0 Å². The second-order valence-corrected chi connectivity index (χ2v) is 5.88. The zero-order valence-electron chi connectivity index (χ0n) is 11.6. The molecule has 0 aliphatic heterocycles. The molecule has 9 heteroatoms. The SMILES string of the molecule is CCNS(=O)(=O)CCNc1cc(C)nc(C(=O)OC)n1. The van der Waals surface area contributed by atoms with E-state index in [0.717, 1.165) is 0 Å². The van der Waals surface area contributed by atoms with E-state index in [0.29, 0.717) is 18.1 Å². The van der Waals surface area contributed by atoms with Crippen LogP contribution >= 0.6 is 0 Å². The summed E-state index contributed by atoms with van der Waals surface area (Å²) in [6.07, 6.45) is 0. The van der Waals surface area contributed by atoms with E-state index in [2.05, 4.69) is 24.7 Å². The zero-order valence-corrected chi connectivity index (χ0v) is 12.5. The molecule has 1 aromatic heterocycles. The molecule has 0 saturated heterocycles. The smallest absolute Gasteiger partial charge is 0.376 e. The third-order valence-electron chi connectivity index (χ3n) is 2.26. The van der Waals surface area contributed by atoms with Crippen LogP contribution in [0.3, 0.4) is 0 Å². The maximum Gasteiger partial charge on any atom is 0.376 e. The number of ether oxygens (including phenoxy) is 1. The Balaban J connectivity index is 2.69. The van der Waals surface area contributed by atoms with Gasteiger partial charge in [0.25, 0.3) is 0 Å². The molecule has 0 aromatic carbocycles. The van der Waals surface area contributed by atoms with Gasteiger partial charge in [0.1, 0.15) is 5.82 Å². The van der Waals surface area contributed by atoms with Crippen molar-refractivity contribution in [2.75, 3.05) is 31.3 Å². The van der Waals surface area contributed by atoms with Gasteiger partial charge in [-0.25, -0.2) is 27.9 Å². The van der Waals surface area contributed by atoms with Crippen LogP contribution in [-0.4, -0.2) is 50.3 Å². The summed E-state index contributed by atoms with van der Waals surface area (Å²) in [6, 6.07) is 1.62. The second kappa shape index (κ2) is 7.15. The zero-order chi connectivity index (χ0) is 15.2.